The van der Waals surface area contributed by atoms with E-state index in [9.17, 15) is 0 Å². The molecule has 1 N–H and O–H groups in total. The molecular formula is C14H42O4. The van der Waals surface area contributed by atoms with Gasteiger partial charge in [0.05, 0.1) is 39.1 Å². The molecule has 1 unspecified atom stereocenters. The lowest BCUT2D eigenvalue weighted by Crippen LogP contribution is -2.19. The first kappa shape index (κ1) is 43.1. The van der Waals surface area contributed by atoms with Gasteiger partial charge in [0.25, 0.3) is 0 Å². The maximum absolute atomic E-state index is 8.44. The van der Waals surface area contributed by atoms with Crippen LogP contribution in [-0.4, -0.2) is 51.4 Å². The molecule has 4 heteroatoms. The normalized spacial score (nSPS) is 8.83. The van der Waals surface area contributed by atoms with E-state index >= 15 is 0 Å². The van der Waals surface area contributed by atoms with Crippen molar-refractivity contribution in [2.45, 2.75) is 57.6 Å². The second kappa shape index (κ2) is 36.0. The molecule has 0 heterocycles. The second-order valence-electron chi connectivity index (χ2n) is 2.47. The third-order valence-corrected chi connectivity index (χ3v) is 1.28. The first-order chi connectivity index (χ1) is 5.81. The summed E-state index contributed by atoms with van der Waals surface area (Å²) >= 11 is 0. The summed E-state index contributed by atoms with van der Waals surface area (Å²) in [5.41, 5.74) is 0. The van der Waals surface area contributed by atoms with Gasteiger partial charge >= 0.3 is 0 Å². The van der Waals surface area contributed by atoms with Crippen LogP contribution in [0.3, 0.4) is 0 Å². The summed E-state index contributed by atoms with van der Waals surface area (Å²) in [6, 6.07) is 0. The molecule has 1 atom stereocenters. The first-order valence-electron chi connectivity index (χ1n) is 4.10. The molecule has 0 aliphatic rings. The van der Waals surface area contributed by atoms with Crippen LogP contribution in [0.2, 0.25) is 0 Å². The SMILES string of the molecule is C.C.C.C.C.C.COCCOCC(C)OCCO. The Balaban J connectivity index is -0.0000000403. The summed E-state index contributed by atoms with van der Waals surface area (Å²) in [7, 11) is 1.63. The van der Waals surface area contributed by atoms with Crippen LogP contribution < -0.4 is 0 Å². The highest BCUT2D eigenvalue weighted by molar-refractivity contribution is 4.46. The van der Waals surface area contributed by atoms with Gasteiger partial charge in [0.1, 0.15) is 0 Å². The number of hydrogen-bond donors (Lipinski definition) is 1. The van der Waals surface area contributed by atoms with E-state index < -0.39 is 0 Å². The monoisotopic (exact) mass is 274 g/mol. The van der Waals surface area contributed by atoms with Crippen LogP contribution >= 0.6 is 0 Å². The fourth-order valence-electron chi connectivity index (χ4n) is 0.694. The van der Waals surface area contributed by atoms with Crippen molar-refractivity contribution in [3.05, 3.63) is 0 Å². The minimum Gasteiger partial charge on any atom is -0.394 e. The summed E-state index contributed by atoms with van der Waals surface area (Å²) < 4.78 is 15.2. The lowest BCUT2D eigenvalue weighted by Gasteiger charge is -2.11. The van der Waals surface area contributed by atoms with Crippen LogP contribution in [0.5, 0.6) is 0 Å². The molecule has 0 fully saturated rings. The highest BCUT2D eigenvalue weighted by Gasteiger charge is 2.00. The largest absolute Gasteiger partial charge is 0.394 e. The Hall–Kier alpha value is -0.160. The van der Waals surface area contributed by atoms with Crippen molar-refractivity contribution in [2.75, 3.05) is 40.1 Å². The molecule has 0 aliphatic heterocycles. The van der Waals surface area contributed by atoms with E-state index in [4.69, 9.17) is 19.3 Å². The van der Waals surface area contributed by atoms with Gasteiger partial charge in [-0.3, -0.25) is 0 Å². The predicted octanol–water partition coefficient (Wildman–Crippen LogP) is 3.86. The predicted molar refractivity (Wildman–Crippen MR) is 85.6 cm³/mol. The average molecular weight is 274 g/mol. The second-order valence-corrected chi connectivity index (χ2v) is 2.47. The molecule has 0 saturated carbocycles. The summed E-state index contributed by atoms with van der Waals surface area (Å²) in [6.07, 6.45) is 0.0361. The molecule has 0 aromatic heterocycles. The Morgan fingerprint density at radius 2 is 1.39 bits per heavy atom. The smallest absolute Gasteiger partial charge is 0.0781 e. The van der Waals surface area contributed by atoms with Crippen molar-refractivity contribution in [2.24, 2.45) is 0 Å². The van der Waals surface area contributed by atoms with Gasteiger partial charge in [-0.25, -0.2) is 0 Å². The molecule has 0 aromatic rings. The van der Waals surface area contributed by atoms with E-state index in [2.05, 4.69) is 0 Å². The Kier molecular flexibility index (Phi) is 86.0. The maximum atomic E-state index is 8.44. The van der Waals surface area contributed by atoms with Crippen LogP contribution in [0.4, 0.5) is 0 Å². The number of ether oxygens (including phenoxy) is 3. The molecule has 0 saturated heterocycles. The molecule has 122 valence electrons. The minimum atomic E-state index is 0. The van der Waals surface area contributed by atoms with E-state index in [0.29, 0.717) is 26.4 Å². The van der Waals surface area contributed by atoms with Crippen molar-refractivity contribution >= 4 is 0 Å². The third kappa shape index (κ3) is 36.0. The van der Waals surface area contributed by atoms with E-state index in [1.165, 1.54) is 0 Å². The summed E-state index contributed by atoms with van der Waals surface area (Å²) in [4.78, 5) is 0. The van der Waals surface area contributed by atoms with E-state index in [1.807, 2.05) is 6.92 Å². The number of hydrogen-bond acceptors (Lipinski definition) is 4. The van der Waals surface area contributed by atoms with Crippen LogP contribution in [0.1, 0.15) is 51.5 Å². The maximum Gasteiger partial charge on any atom is 0.0781 e. The summed E-state index contributed by atoms with van der Waals surface area (Å²) in [5.74, 6) is 0. The fraction of sp³-hybridized carbons (Fsp3) is 1.00. The number of methoxy groups -OCH3 is 1. The van der Waals surface area contributed by atoms with Gasteiger partial charge < -0.3 is 19.3 Å². The van der Waals surface area contributed by atoms with Gasteiger partial charge in [-0.15, -0.1) is 0 Å². The zero-order valence-corrected chi connectivity index (χ0v) is 7.78. The van der Waals surface area contributed by atoms with E-state index in [1.54, 1.807) is 7.11 Å². The minimum absolute atomic E-state index is 0. The highest BCUT2D eigenvalue weighted by atomic mass is 16.5. The highest BCUT2D eigenvalue weighted by Crippen LogP contribution is 1.91. The third-order valence-electron chi connectivity index (χ3n) is 1.28. The number of rotatable bonds is 8. The summed E-state index contributed by atoms with van der Waals surface area (Å²) in [6.45, 7) is 4.07. The van der Waals surface area contributed by atoms with Crippen LogP contribution in [0.25, 0.3) is 0 Å². The Labute approximate surface area is 118 Å². The first-order valence-corrected chi connectivity index (χ1v) is 4.10. The van der Waals surface area contributed by atoms with Crippen molar-refractivity contribution in [1.29, 1.82) is 0 Å². The summed E-state index contributed by atoms with van der Waals surface area (Å²) in [5, 5.41) is 8.44. The number of aliphatic hydroxyl groups is 1. The molecule has 4 nitrogen and oxygen atoms in total. The molecule has 0 radical (unpaired) electrons. The van der Waals surface area contributed by atoms with Crippen molar-refractivity contribution in [1.82, 2.24) is 0 Å². The van der Waals surface area contributed by atoms with Crippen LogP contribution in [0, 0.1) is 0 Å². The quantitative estimate of drug-likeness (QED) is 0.683. The topological polar surface area (TPSA) is 47.9 Å². The molecule has 0 rings (SSSR count). The van der Waals surface area contributed by atoms with Crippen molar-refractivity contribution in [3.63, 3.8) is 0 Å². The Morgan fingerprint density at radius 3 is 1.78 bits per heavy atom. The molecule has 0 amide bonds. The molecule has 0 spiro atoms. The number of aliphatic hydroxyl groups excluding tert-OH is 1. The van der Waals surface area contributed by atoms with Gasteiger partial charge in [-0.05, 0) is 6.92 Å². The van der Waals surface area contributed by atoms with Gasteiger partial charge in [-0.2, -0.15) is 0 Å². The standard InChI is InChI=1S/C8H18O4.6CH4/c1-8(12-4-3-9)7-11-6-5-10-2;;;;;;/h8-9H,3-7H2,1-2H3;6*1H4. The molecular weight excluding hydrogens is 232 g/mol. The zero-order chi connectivity index (χ0) is 9.23. The van der Waals surface area contributed by atoms with Crippen LogP contribution in [0.15, 0.2) is 0 Å². The van der Waals surface area contributed by atoms with Gasteiger partial charge in [0.2, 0.25) is 0 Å². The fourth-order valence-corrected chi connectivity index (χ4v) is 0.694. The molecule has 0 aromatic carbocycles. The van der Waals surface area contributed by atoms with Crippen molar-refractivity contribution in [3.8, 4) is 0 Å². The Bertz CT molecular complexity index is 89.9. The van der Waals surface area contributed by atoms with Crippen LogP contribution in [-0.2, 0) is 14.2 Å². The van der Waals surface area contributed by atoms with E-state index in [0.717, 1.165) is 0 Å². The van der Waals surface area contributed by atoms with Crippen molar-refractivity contribution < 1.29 is 19.3 Å². The molecule has 18 heavy (non-hydrogen) atoms. The Morgan fingerprint density at radius 1 is 0.889 bits per heavy atom. The van der Waals surface area contributed by atoms with Gasteiger partial charge in [-0.1, -0.05) is 44.6 Å². The zero-order valence-electron chi connectivity index (χ0n) is 7.78. The average Bonchev–Trinajstić information content (AvgIpc) is 2.09. The molecule has 0 aliphatic carbocycles. The molecule has 0 bridgehead atoms. The lowest BCUT2D eigenvalue weighted by atomic mass is 10.4. The lowest BCUT2D eigenvalue weighted by molar-refractivity contribution is -0.0277. The van der Waals surface area contributed by atoms with E-state index in [-0.39, 0.29) is 57.3 Å². The van der Waals surface area contributed by atoms with Gasteiger partial charge in [0, 0.05) is 7.11 Å². The van der Waals surface area contributed by atoms with Gasteiger partial charge in [0.15, 0.2) is 0 Å².